The third kappa shape index (κ3) is 4.11. The van der Waals surface area contributed by atoms with Gasteiger partial charge in [0.1, 0.15) is 0 Å². The highest BCUT2D eigenvalue weighted by atomic mass is 14.8. The van der Waals surface area contributed by atoms with E-state index in [9.17, 15) is 0 Å². The van der Waals surface area contributed by atoms with E-state index in [1.165, 1.54) is 5.70 Å². The molecule has 2 heteroatoms. The van der Waals surface area contributed by atoms with Crippen molar-refractivity contribution in [2.45, 2.75) is 12.8 Å². The lowest BCUT2D eigenvalue weighted by Gasteiger charge is -2.07. The average Bonchev–Trinajstić information content (AvgIpc) is 2.41. The third-order valence-corrected chi connectivity index (χ3v) is 2.44. The SMILES string of the molecule is C1=CCCC(N/C=C/C=Nc2ccccc2)=C1. The smallest absolute Gasteiger partial charge is 0.0629 e. The van der Waals surface area contributed by atoms with Crippen LogP contribution in [0.15, 0.2) is 71.5 Å². The number of hydrogen-bond donors (Lipinski definition) is 1. The summed E-state index contributed by atoms with van der Waals surface area (Å²) in [5.41, 5.74) is 2.22. The van der Waals surface area contributed by atoms with Crippen molar-refractivity contribution in [2.24, 2.45) is 4.99 Å². The van der Waals surface area contributed by atoms with E-state index in [-0.39, 0.29) is 0 Å². The summed E-state index contributed by atoms with van der Waals surface area (Å²) in [6.07, 6.45) is 14.2. The predicted molar refractivity (Wildman–Crippen MR) is 73.3 cm³/mol. The van der Waals surface area contributed by atoms with Crippen LogP contribution in [0.1, 0.15) is 12.8 Å². The van der Waals surface area contributed by atoms with Crippen LogP contribution in [0.4, 0.5) is 5.69 Å². The molecule has 1 aromatic rings. The Morgan fingerprint density at radius 3 is 2.82 bits per heavy atom. The van der Waals surface area contributed by atoms with Gasteiger partial charge in [0, 0.05) is 18.1 Å². The molecule has 0 unspecified atom stereocenters. The molecule has 0 aromatic heterocycles. The van der Waals surface area contributed by atoms with Crippen molar-refractivity contribution in [3.05, 3.63) is 66.5 Å². The van der Waals surface area contributed by atoms with Crippen molar-refractivity contribution in [3.8, 4) is 0 Å². The molecular weight excluding hydrogens is 208 g/mol. The molecule has 0 amide bonds. The van der Waals surface area contributed by atoms with Gasteiger partial charge in [-0.05, 0) is 37.1 Å². The van der Waals surface area contributed by atoms with Crippen molar-refractivity contribution < 1.29 is 0 Å². The number of hydrogen-bond acceptors (Lipinski definition) is 2. The minimum Gasteiger partial charge on any atom is -0.365 e. The summed E-state index contributed by atoms with van der Waals surface area (Å²) >= 11 is 0. The lowest BCUT2D eigenvalue weighted by Crippen LogP contribution is -2.05. The van der Waals surface area contributed by atoms with Crippen molar-refractivity contribution in [1.29, 1.82) is 0 Å². The molecule has 1 N–H and O–H groups in total. The number of para-hydroxylation sites is 1. The summed E-state index contributed by atoms with van der Waals surface area (Å²) in [5, 5.41) is 3.25. The molecule has 0 saturated carbocycles. The summed E-state index contributed by atoms with van der Waals surface area (Å²) in [5.74, 6) is 0. The zero-order valence-electron chi connectivity index (χ0n) is 9.71. The molecule has 86 valence electrons. The van der Waals surface area contributed by atoms with Crippen molar-refractivity contribution >= 4 is 11.9 Å². The van der Waals surface area contributed by atoms with E-state index < -0.39 is 0 Å². The average molecular weight is 224 g/mol. The zero-order chi connectivity index (χ0) is 11.8. The Morgan fingerprint density at radius 1 is 1.18 bits per heavy atom. The van der Waals surface area contributed by atoms with Gasteiger partial charge in [0.05, 0.1) is 5.69 Å². The Morgan fingerprint density at radius 2 is 2.06 bits per heavy atom. The lowest BCUT2D eigenvalue weighted by molar-refractivity contribution is 0.870. The molecule has 0 fully saturated rings. The van der Waals surface area contributed by atoms with Crippen LogP contribution in [0.3, 0.4) is 0 Å². The van der Waals surface area contributed by atoms with Gasteiger partial charge in [-0.15, -0.1) is 0 Å². The maximum atomic E-state index is 4.30. The van der Waals surface area contributed by atoms with Crippen molar-refractivity contribution in [1.82, 2.24) is 5.32 Å². The molecule has 0 radical (unpaired) electrons. The normalized spacial score (nSPS) is 15.4. The Balaban J connectivity index is 1.80. The van der Waals surface area contributed by atoms with E-state index in [2.05, 4.69) is 28.5 Å². The van der Waals surface area contributed by atoms with Crippen LogP contribution in [-0.4, -0.2) is 6.21 Å². The van der Waals surface area contributed by atoms with Gasteiger partial charge >= 0.3 is 0 Å². The minimum absolute atomic E-state index is 0.969. The first-order chi connectivity index (χ1) is 8.45. The van der Waals surface area contributed by atoms with Gasteiger partial charge in [0.15, 0.2) is 0 Å². The minimum atomic E-state index is 0.969. The highest BCUT2D eigenvalue weighted by molar-refractivity contribution is 5.74. The number of nitrogens with zero attached hydrogens (tertiary/aromatic N) is 1. The van der Waals surface area contributed by atoms with Crippen LogP contribution < -0.4 is 5.32 Å². The quantitative estimate of drug-likeness (QED) is 0.774. The van der Waals surface area contributed by atoms with Crippen LogP contribution >= 0.6 is 0 Å². The van der Waals surface area contributed by atoms with E-state index in [4.69, 9.17) is 0 Å². The molecule has 0 heterocycles. The van der Waals surface area contributed by atoms with Crippen LogP contribution in [0.25, 0.3) is 0 Å². The van der Waals surface area contributed by atoms with Gasteiger partial charge in [-0.25, -0.2) is 0 Å². The summed E-state index contributed by atoms with van der Waals surface area (Å²) in [7, 11) is 0. The lowest BCUT2D eigenvalue weighted by atomic mass is 10.1. The molecule has 2 rings (SSSR count). The number of rotatable bonds is 4. The Bertz CT molecular complexity index is 453. The summed E-state index contributed by atoms with van der Waals surface area (Å²) in [6.45, 7) is 0. The van der Waals surface area contributed by atoms with E-state index in [0.717, 1.165) is 18.5 Å². The first-order valence-electron chi connectivity index (χ1n) is 5.81. The molecule has 1 aromatic carbocycles. The van der Waals surface area contributed by atoms with Gasteiger partial charge in [0.25, 0.3) is 0 Å². The second kappa shape index (κ2) is 6.48. The predicted octanol–water partition coefficient (Wildman–Crippen LogP) is 3.73. The van der Waals surface area contributed by atoms with Crippen LogP contribution in [-0.2, 0) is 0 Å². The molecule has 2 nitrogen and oxygen atoms in total. The fraction of sp³-hybridized carbons (Fsp3) is 0.133. The van der Waals surface area contributed by atoms with Crippen molar-refractivity contribution in [3.63, 3.8) is 0 Å². The first-order valence-corrected chi connectivity index (χ1v) is 5.81. The summed E-state index contributed by atoms with van der Waals surface area (Å²) in [4.78, 5) is 4.30. The number of benzene rings is 1. The van der Waals surface area contributed by atoms with Crippen LogP contribution in [0.2, 0.25) is 0 Å². The molecule has 0 atom stereocenters. The van der Waals surface area contributed by atoms with Gasteiger partial charge < -0.3 is 5.32 Å². The Hall–Kier alpha value is -2.09. The topological polar surface area (TPSA) is 24.4 Å². The number of nitrogens with one attached hydrogen (secondary N) is 1. The Kier molecular flexibility index (Phi) is 4.35. The summed E-state index contributed by atoms with van der Waals surface area (Å²) in [6, 6.07) is 9.90. The highest BCUT2D eigenvalue weighted by Crippen LogP contribution is 2.09. The fourth-order valence-corrected chi connectivity index (χ4v) is 1.56. The summed E-state index contributed by atoms with van der Waals surface area (Å²) < 4.78 is 0. The largest absolute Gasteiger partial charge is 0.365 e. The maximum Gasteiger partial charge on any atom is 0.0629 e. The third-order valence-electron chi connectivity index (χ3n) is 2.44. The molecular formula is C15H16N2. The van der Waals surface area contributed by atoms with E-state index >= 15 is 0 Å². The second-order valence-electron chi connectivity index (χ2n) is 3.78. The maximum absolute atomic E-state index is 4.30. The van der Waals surface area contributed by atoms with Crippen molar-refractivity contribution in [2.75, 3.05) is 0 Å². The Labute approximate surface area is 102 Å². The number of allylic oxidation sites excluding steroid dienone is 5. The molecule has 0 saturated heterocycles. The zero-order valence-corrected chi connectivity index (χ0v) is 9.71. The molecule has 0 bridgehead atoms. The van der Waals surface area contributed by atoms with Gasteiger partial charge in [-0.3, -0.25) is 4.99 Å². The standard InChI is InChI=1S/C15H16N2/c1-3-8-14(9-4-1)16-12-7-13-17-15-10-5-2-6-11-15/h1-5,7-10,12-13,17H,6,11H2/b13-7+,16-12?. The number of aliphatic imine (C=N–C) groups is 1. The van der Waals surface area contributed by atoms with Crippen LogP contribution in [0, 0.1) is 0 Å². The van der Waals surface area contributed by atoms with Gasteiger partial charge in [-0.2, -0.15) is 0 Å². The molecule has 17 heavy (non-hydrogen) atoms. The van der Waals surface area contributed by atoms with Crippen LogP contribution in [0.5, 0.6) is 0 Å². The molecule has 1 aliphatic rings. The molecule has 0 aliphatic heterocycles. The van der Waals surface area contributed by atoms with Gasteiger partial charge in [-0.1, -0.05) is 30.4 Å². The second-order valence-corrected chi connectivity index (χ2v) is 3.78. The van der Waals surface area contributed by atoms with E-state index in [0.29, 0.717) is 0 Å². The highest BCUT2D eigenvalue weighted by Gasteiger charge is 1.94. The van der Waals surface area contributed by atoms with Gasteiger partial charge in [0.2, 0.25) is 0 Å². The van der Waals surface area contributed by atoms with E-state index in [1.807, 2.05) is 42.6 Å². The van der Waals surface area contributed by atoms with E-state index in [1.54, 1.807) is 6.21 Å². The molecule has 1 aliphatic carbocycles. The fourth-order valence-electron chi connectivity index (χ4n) is 1.56. The monoisotopic (exact) mass is 224 g/mol. The first kappa shape index (κ1) is 11.4. The molecule has 0 spiro atoms.